The lowest BCUT2D eigenvalue weighted by Gasteiger charge is -2.22. The van der Waals surface area contributed by atoms with Gasteiger partial charge in [-0.25, -0.2) is 9.97 Å². The molecule has 2 heterocycles. The Morgan fingerprint density at radius 2 is 1.86 bits per heavy atom. The summed E-state index contributed by atoms with van der Waals surface area (Å²) in [6.07, 6.45) is 4.69. The van der Waals surface area contributed by atoms with Crippen LogP contribution in [0, 0.1) is 12.8 Å². The largest absolute Gasteiger partial charge is 0.493 e. The highest BCUT2D eigenvalue weighted by Crippen LogP contribution is 2.37. The third-order valence-electron chi connectivity index (χ3n) is 6.37. The minimum atomic E-state index is 0.436. The maximum Gasteiger partial charge on any atom is 0.223 e. The third-order valence-corrected chi connectivity index (χ3v) is 6.37. The summed E-state index contributed by atoms with van der Waals surface area (Å²) in [6, 6.07) is 6.29. The van der Waals surface area contributed by atoms with E-state index in [0.717, 1.165) is 55.6 Å². The molecule has 1 aliphatic heterocycles. The highest BCUT2D eigenvalue weighted by Gasteiger charge is 2.32. The number of rotatable bonds is 6. The normalized spacial score (nSPS) is 21.7. The van der Waals surface area contributed by atoms with Crippen LogP contribution in [-0.2, 0) is 12.8 Å². The number of ether oxygens (including phenoxy) is 2. The van der Waals surface area contributed by atoms with Gasteiger partial charge in [-0.3, -0.25) is 0 Å². The van der Waals surface area contributed by atoms with Gasteiger partial charge >= 0.3 is 0 Å². The van der Waals surface area contributed by atoms with Gasteiger partial charge in [0, 0.05) is 36.9 Å². The van der Waals surface area contributed by atoms with E-state index in [0.29, 0.717) is 11.8 Å². The first kappa shape index (κ1) is 20.0. The van der Waals surface area contributed by atoms with Gasteiger partial charge in [-0.15, -0.1) is 0 Å². The Hall–Kier alpha value is -2.34. The average Bonchev–Trinajstić information content (AvgIpc) is 3.12. The van der Waals surface area contributed by atoms with Gasteiger partial charge in [0.05, 0.1) is 14.2 Å². The van der Waals surface area contributed by atoms with Gasteiger partial charge in [0.25, 0.3) is 0 Å². The van der Waals surface area contributed by atoms with Gasteiger partial charge in [0.2, 0.25) is 5.95 Å². The lowest BCUT2D eigenvalue weighted by molar-refractivity contribution is 0.354. The van der Waals surface area contributed by atoms with Crippen molar-refractivity contribution >= 4 is 5.95 Å². The summed E-state index contributed by atoms with van der Waals surface area (Å²) in [4.78, 5) is 12.0. The quantitative estimate of drug-likeness (QED) is 0.807. The Balaban J connectivity index is 1.50. The molecule has 0 spiro atoms. The van der Waals surface area contributed by atoms with Crippen molar-refractivity contribution in [3.8, 4) is 11.5 Å². The van der Waals surface area contributed by atoms with Crippen molar-refractivity contribution in [3.63, 3.8) is 0 Å². The number of nitrogens with zero attached hydrogens (tertiary/aromatic N) is 3. The molecule has 1 aromatic carbocycles. The predicted molar refractivity (Wildman–Crippen MR) is 115 cm³/mol. The van der Waals surface area contributed by atoms with Crippen molar-refractivity contribution in [3.05, 3.63) is 40.7 Å². The molecule has 2 aromatic rings. The number of fused-ring (bicyclic) bond motifs is 1. The molecule has 6 heteroatoms. The molecule has 1 aromatic heterocycles. The van der Waals surface area contributed by atoms with Crippen molar-refractivity contribution in [1.82, 2.24) is 14.9 Å². The number of benzene rings is 1. The van der Waals surface area contributed by atoms with Crippen molar-refractivity contribution in [2.24, 2.45) is 5.92 Å². The standard InChI is InChI=1S/C23H32N4O2/c1-15-18-7-5-6-8-20(18)26-23(25-15)24-12-17-13-27(2)14-19(17)16-9-10-21(28-3)22(11-16)29-4/h9-11,17,19H,5-8,12-14H2,1-4H3,(H,24,25,26)/t17-,19+/m0/s1. The summed E-state index contributed by atoms with van der Waals surface area (Å²) in [5.41, 5.74) is 5.04. The number of likely N-dealkylation sites (N-methyl/N-ethyl adjacent to an activating group) is 1. The third kappa shape index (κ3) is 4.17. The van der Waals surface area contributed by atoms with Crippen LogP contribution < -0.4 is 14.8 Å². The summed E-state index contributed by atoms with van der Waals surface area (Å²) >= 11 is 0. The maximum atomic E-state index is 5.52. The fourth-order valence-corrected chi connectivity index (χ4v) is 4.84. The Bertz CT molecular complexity index is 870. The first-order chi connectivity index (χ1) is 14.1. The Morgan fingerprint density at radius 3 is 2.66 bits per heavy atom. The van der Waals surface area contributed by atoms with Gasteiger partial charge in [-0.2, -0.15) is 0 Å². The van der Waals surface area contributed by atoms with Crippen molar-refractivity contribution in [2.75, 3.05) is 46.2 Å². The summed E-state index contributed by atoms with van der Waals surface area (Å²) in [5, 5.41) is 3.54. The Morgan fingerprint density at radius 1 is 1.07 bits per heavy atom. The molecule has 0 unspecified atom stereocenters. The van der Waals surface area contributed by atoms with Gasteiger partial charge < -0.3 is 19.7 Å². The molecule has 1 fully saturated rings. The molecule has 1 N–H and O–H groups in total. The molecule has 4 rings (SSSR count). The zero-order valence-electron chi connectivity index (χ0n) is 18.0. The van der Waals surface area contributed by atoms with Gasteiger partial charge in [0.15, 0.2) is 11.5 Å². The van der Waals surface area contributed by atoms with Crippen LogP contribution in [0.1, 0.15) is 41.3 Å². The number of hydrogen-bond acceptors (Lipinski definition) is 6. The van der Waals surface area contributed by atoms with Crippen molar-refractivity contribution in [1.29, 1.82) is 0 Å². The second-order valence-electron chi connectivity index (χ2n) is 8.35. The summed E-state index contributed by atoms with van der Waals surface area (Å²) in [6.45, 7) is 5.07. The first-order valence-corrected chi connectivity index (χ1v) is 10.6. The molecule has 0 bridgehead atoms. The Labute approximate surface area is 173 Å². The van der Waals surface area contributed by atoms with E-state index < -0.39 is 0 Å². The number of nitrogens with one attached hydrogen (secondary N) is 1. The highest BCUT2D eigenvalue weighted by molar-refractivity contribution is 5.44. The second-order valence-corrected chi connectivity index (χ2v) is 8.35. The van der Waals surface area contributed by atoms with Crippen LogP contribution in [-0.4, -0.2) is 55.8 Å². The van der Waals surface area contributed by atoms with E-state index in [2.05, 4.69) is 36.3 Å². The number of likely N-dealkylation sites (tertiary alicyclic amines) is 1. The lowest BCUT2D eigenvalue weighted by Crippen LogP contribution is -2.23. The van der Waals surface area contributed by atoms with E-state index in [4.69, 9.17) is 19.4 Å². The smallest absolute Gasteiger partial charge is 0.223 e. The number of hydrogen-bond donors (Lipinski definition) is 1. The van der Waals surface area contributed by atoms with Gasteiger partial charge in [0.1, 0.15) is 0 Å². The molecule has 0 radical (unpaired) electrons. The summed E-state index contributed by atoms with van der Waals surface area (Å²) < 4.78 is 10.9. The van der Waals surface area contributed by atoms with Crippen LogP contribution in [0.2, 0.25) is 0 Å². The van der Waals surface area contributed by atoms with E-state index in [1.165, 1.54) is 29.7 Å². The molecular formula is C23H32N4O2. The minimum Gasteiger partial charge on any atom is -0.493 e. The average molecular weight is 397 g/mol. The fourth-order valence-electron chi connectivity index (χ4n) is 4.84. The fraction of sp³-hybridized carbons (Fsp3) is 0.565. The Kier molecular flexibility index (Phi) is 5.90. The van der Waals surface area contributed by atoms with Crippen LogP contribution in [0.25, 0.3) is 0 Å². The number of aryl methyl sites for hydroxylation is 2. The first-order valence-electron chi connectivity index (χ1n) is 10.6. The number of methoxy groups -OCH3 is 2. The molecular weight excluding hydrogens is 364 g/mol. The van der Waals surface area contributed by atoms with E-state index in [9.17, 15) is 0 Å². The van der Waals surface area contributed by atoms with Gasteiger partial charge in [-0.05, 0) is 68.8 Å². The summed E-state index contributed by atoms with van der Waals surface area (Å²) in [7, 11) is 5.55. The monoisotopic (exact) mass is 396 g/mol. The van der Waals surface area contributed by atoms with E-state index in [1.807, 2.05) is 6.07 Å². The molecule has 2 aliphatic rings. The van der Waals surface area contributed by atoms with Crippen LogP contribution in [0.3, 0.4) is 0 Å². The lowest BCUT2D eigenvalue weighted by atomic mass is 9.88. The van der Waals surface area contributed by atoms with E-state index in [1.54, 1.807) is 14.2 Å². The van der Waals surface area contributed by atoms with Crippen LogP contribution >= 0.6 is 0 Å². The molecule has 1 saturated heterocycles. The molecule has 2 atom stereocenters. The molecule has 1 aliphatic carbocycles. The zero-order chi connectivity index (χ0) is 20.4. The SMILES string of the molecule is COc1ccc([C@H]2CN(C)C[C@@H]2CNc2nc(C)c3c(n2)CCCC3)cc1OC. The molecule has 29 heavy (non-hydrogen) atoms. The molecule has 0 saturated carbocycles. The molecule has 156 valence electrons. The van der Waals surface area contributed by atoms with Crippen molar-refractivity contribution in [2.45, 2.75) is 38.5 Å². The van der Waals surface area contributed by atoms with E-state index in [-0.39, 0.29) is 0 Å². The number of aromatic nitrogens is 2. The second kappa shape index (κ2) is 8.57. The summed E-state index contributed by atoms with van der Waals surface area (Å²) in [5.74, 6) is 3.27. The molecule has 6 nitrogen and oxygen atoms in total. The zero-order valence-corrected chi connectivity index (χ0v) is 18.0. The highest BCUT2D eigenvalue weighted by atomic mass is 16.5. The van der Waals surface area contributed by atoms with Crippen LogP contribution in [0.4, 0.5) is 5.95 Å². The minimum absolute atomic E-state index is 0.436. The van der Waals surface area contributed by atoms with Crippen LogP contribution in [0.5, 0.6) is 11.5 Å². The predicted octanol–water partition coefficient (Wildman–Crippen LogP) is 3.44. The maximum absolute atomic E-state index is 5.52. The van der Waals surface area contributed by atoms with Crippen LogP contribution in [0.15, 0.2) is 18.2 Å². The van der Waals surface area contributed by atoms with E-state index >= 15 is 0 Å². The van der Waals surface area contributed by atoms with Gasteiger partial charge in [-0.1, -0.05) is 6.07 Å². The molecule has 0 amide bonds. The van der Waals surface area contributed by atoms with Crippen molar-refractivity contribution < 1.29 is 9.47 Å². The topological polar surface area (TPSA) is 59.5 Å². The number of anilines is 1.